The highest BCUT2D eigenvalue weighted by Crippen LogP contribution is 2.23. The minimum absolute atomic E-state index is 0.0220. The minimum atomic E-state index is -0.183. The predicted octanol–water partition coefficient (Wildman–Crippen LogP) is 1.10. The maximum atomic E-state index is 12.1. The average Bonchev–Trinajstić information content (AvgIpc) is 2.47. The second-order valence-electron chi connectivity index (χ2n) is 6.07. The SMILES string of the molecule is NC(=O)C1CCN(C2CN(C(=O)Nc3ccccc3)C2)CC1. The van der Waals surface area contributed by atoms with E-state index in [1.165, 1.54) is 0 Å². The van der Waals surface area contributed by atoms with E-state index in [4.69, 9.17) is 5.73 Å². The number of piperidine rings is 1. The lowest BCUT2D eigenvalue weighted by molar-refractivity contribution is -0.123. The number of anilines is 1. The van der Waals surface area contributed by atoms with Crippen molar-refractivity contribution in [3.63, 3.8) is 0 Å². The molecule has 2 aliphatic heterocycles. The summed E-state index contributed by atoms with van der Waals surface area (Å²) in [6.07, 6.45) is 1.67. The third-order valence-corrected chi connectivity index (χ3v) is 4.62. The fourth-order valence-electron chi connectivity index (χ4n) is 3.13. The number of likely N-dealkylation sites (tertiary alicyclic amines) is 2. The number of nitrogens with zero attached hydrogens (tertiary/aromatic N) is 2. The molecular formula is C16H22N4O2. The molecule has 0 aliphatic carbocycles. The normalized spacial score (nSPS) is 20.5. The van der Waals surface area contributed by atoms with Crippen LogP contribution in [-0.4, -0.2) is 54.0 Å². The standard InChI is InChI=1S/C16H22N4O2/c17-15(21)12-6-8-19(9-7-12)14-10-20(11-14)16(22)18-13-4-2-1-3-5-13/h1-5,12,14H,6-11H2,(H2,17,21)(H,18,22). The van der Waals surface area contributed by atoms with Crippen LogP contribution in [0.3, 0.4) is 0 Å². The number of carbonyl (C=O) groups is 2. The van der Waals surface area contributed by atoms with Crippen LogP contribution in [0.15, 0.2) is 30.3 Å². The predicted molar refractivity (Wildman–Crippen MR) is 84.3 cm³/mol. The van der Waals surface area contributed by atoms with Crippen molar-refractivity contribution in [3.05, 3.63) is 30.3 Å². The molecule has 2 fully saturated rings. The molecule has 0 saturated carbocycles. The molecule has 22 heavy (non-hydrogen) atoms. The molecule has 0 radical (unpaired) electrons. The second-order valence-corrected chi connectivity index (χ2v) is 6.07. The first-order chi connectivity index (χ1) is 10.6. The molecule has 6 heteroatoms. The Morgan fingerprint density at radius 2 is 1.73 bits per heavy atom. The van der Waals surface area contributed by atoms with E-state index >= 15 is 0 Å². The van der Waals surface area contributed by atoms with Crippen molar-refractivity contribution in [2.75, 3.05) is 31.5 Å². The lowest BCUT2D eigenvalue weighted by atomic mass is 9.94. The van der Waals surface area contributed by atoms with Crippen LogP contribution in [0.4, 0.5) is 10.5 Å². The summed E-state index contributed by atoms with van der Waals surface area (Å²) in [6.45, 7) is 3.29. The molecule has 3 amide bonds. The molecule has 3 N–H and O–H groups in total. The zero-order valence-electron chi connectivity index (χ0n) is 12.6. The molecule has 2 heterocycles. The van der Waals surface area contributed by atoms with Crippen LogP contribution in [0, 0.1) is 5.92 Å². The molecular weight excluding hydrogens is 280 g/mol. The molecule has 118 valence electrons. The van der Waals surface area contributed by atoms with E-state index in [0.717, 1.165) is 44.7 Å². The van der Waals surface area contributed by atoms with Gasteiger partial charge in [0.15, 0.2) is 0 Å². The zero-order valence-corrected chi connectivity index (χ0v) is 12.6. The van der Waals surface area contributed by atoms with E-state index in [0.29, 0.717) is 6.04 Å². The van der Waals surface area contributed by atoms with Gasteiger partial charge in [-0.05, 0) is 38.1 Å². The van der Waals surface area contributed by atoms with E-state index in [9.17, 15) is 9.59 Å². The molecule has 0 aromatic heterocycles. The summed E-state index contributed by atoms with van der Waals surface area (Å²) in [4.78, 5) is 27.5. The van der Waals surface area contributed by atoms with E-state index in [1.54, 1.807) is 0 Å². The van der Waals surface area contributed by atoms with Crippen LogP contribution < -0.4 is 11.1 Å². The molecule has 0 atom stereocenters. The maximum absolute atomic E-state index is 12.1. The molecule has 2 saturated heterocycles. The Labute approximate surface area is 130 Å². The summed E-state index contributed by atoms with van der Waals surface area (Å²) in [6, 6.07) is 9.85. The number of hydrogen-bond donors (Lipinski definition) is 2. The molecule has 6 nitrogen and oxygen atoms in total. The van der Waals surface area contributed by atoms with E-state index in [2.05, 4.69) is 10.2 Å². The van der Waals surface area contributed by atoms with Crippen LogP contribution >= 0.6 is 0 Å². The summed E-state index contributed by atoms with van der Waals surface area (Å²) < 4.78 is 0. The highest BCUT2D eigenvalue weighted by atomic mass is 16.2. The number of para-hydroxylation sites is 1. The van der Waals surface area contributed by atoms with Gasteiger partial charge in [-0.25, -0.2) is 4.79 Å². The molecule has 1 aromatic rings. The Morgan fingerprint density at radius 1 is 1.09 bits per heavy atom. The quantitative estimate of drug-likeness (QED) is 0.877. The number of benzene rings is 1. The summed E-state index contributed by atoms with van der Waals surface area (Å²) in [5.41, 5.74) is 6.17. The topological polar surface area (TPSA) is 78.7 Å². The first-order valence-electron chi connectivity index (χ1n) is 7.78. The van der Waals surface area contributed by atoms with Gasteiger partial charge in [0.1, 0.15) is 0 Å². The van der Waals surface area contributed by atoms with Crippen molar-refractivity contribution in [2.45, 2.75) is 18.9 Å². The molecule has 2 aliphatic rings. The fourth-order valence-corrected chi connectivity index (χ4v) is 3.13. The maximum Gasteiger partial charge on any atom is 0.321 e. The highest BCUT2D eigenvalue weighted by Gasteiger charge is 2.36. The Balaban J connectivity index is 1.42. The fraction of sp³-hybridized carbons (Fsp3) is 0.500. The van der Waals surface area contributed by atoms with Crippen LogP contribution in [-0.2, 0) is 4.79 Å². The van der Waals surface area contributed by atoms with Crippen molar-refractivity contribution in [3.8, 4) is 0 Å². The third kappa shape index (κ3) is 3.22. The van der Waals surface area contributed by atoms with E-state index in [-0.39, 0.29) is 17.9 Å². The molecule has 0 unspecified atom stereocenters. The van der Waals surface area contributed by atoms with Gasteiger partial charge in [-0.3, -0.25) is 9.69 Å². The van der Waals surface area contributed by atoms with Gasteiger partial charge in [0.05, 0.1) is 0 Å². The number of carbonyl (C=O) groups excluding carboxylic acids is 2. The Bertz CT molecular complexity index is 534. The smallest absolute Gasteiger partial charge is 0.321 e. The van der Waals surface area contributed by atoms with Gasteiger partial charge < -0.3 is 16.0 Å². The van der Waals surface area contributed by atoms with Crippen molar-refractivity contribution in [1.29, 1.82) is 0 Å². The van der Waals surface area contributed by atoms with Gasteiger partial charge in [-0.1, -0.05) is 18.2 Å². The van der Waals surface area contributed by atoms with Crippen molar-refractivity contribution in [1.82, 2.24) is 9.80 Å². The van der Waals surface area contributed by atoms with Gasteiger partial charge in [0.2, 0.25) is 5.91 Å². The van der Waals surface area contributed by atoms with Gasteiger partial charge in [0, 0.05) is 30.7 Å². The molecule has 0 spiro atoms. The lowest BCUT2D eigenvalue weighted by Gasteiger charge is -2.47. The van der Waals surface area contributed by atoms with Crippen LogP contribution in [0.5, 0.6) is 0 Å². The van der Waals surface area contributed by atoms with E-state index < -0.39 is 0 Å². The second kappa shape index (κ2) is 6.36. The molecule has 0 bridgehead atoms. The first-order valence-corrected chi connectivity index (χ1v) is 7.78. The number of primary amides is 1. The number of nitrogens with two attached hydrogens (primary N) is 1. The molecule has 1 aromatic carbocycles. The molecule has 3 rings (SSSR count). The van der Waals surface area contributed by atoms with Crippen molar-refractivity contribution in [2.24, 2.45) is 11.7 Å². The van der Waals surface area contributed by atoms with Gasteiger partial charge in [0.25, 0.3) is 0 Å². The number of hydrogen-bond acceptors (Lipinski definition) is 3. The van der Waals surface area contributed by atoms with Crippen molar-refractivity contribution >= 4 is 17.6 Å². The number of amides is 3. The van der Waals surface area contributed by atoms with Gasteiger partial charge in [-0.15, -0.1) is 0 Å². The number of urea groups is 1. The largest absolute Gasteiger partial charge is 0.369 e. The van der Waals surface area contributed by atoms with Gasteiger partial charge in [-0.2, -0.15) is 0 Å². The van der Waals surface area contributed by atoms with Gasteiger partial charge >= 0.3 is 6.03 Å². The first kappa shape index (κ1) is 14.8. The minimum Gasteiger partial charge on any atom is -0.369 e. The Kier molecular flexibility index (Phi) is 4.29. The van der Waals surface area contributed by atoms with Crippen LogP contribution in [0.2, 0.25) is 0 Å². The zero-order chi connectivity index (χ0) is 15.5. The summed E-state index contributed by atoms with van der Waals surface area (Å²) in [5, 5.41) is 2.90. The number of rotatable bonds is 3. The van der Waals surface area contributed by atoms with E-state index in [1.807, 2.05) is 35.2 Å². The summed E-state index contributed by atoms with van der Waals surface area (Å²) in [7, 11) is 0. The lowest BCUT2D eigenvalue weighted by Crippen LogP contribution is -2.63. The average molecular weight is 302 g/mol. The third-order valence-electron chi connectivity index (χ3n) is 4.62. The Morgan fingerprint density at radius 3 is 2.32 bits per heavy atom. The summed E-state index contributed by atoms with van der Waals surface area (Å²) >= 11 is 0. The van der Waals surface area contributed by atoms with Crippen LogP contribution in [0.25, 0.3) is 0 Å². The highest BCUT2D eigenvalue weighted by molar-refractivity contribution is 5.89. The monoisotopic (exact) mass is 302 g/mol. The number of nitrogens with one attached hydrogen (secondary N) is 1. The summed E-state index contributed by atoms with van der Waals surface area (Å²) in [5.74, 6) is -0.161. The van der Waals surface area contributed by atoms with Crippen LogP contribution in [0.1, 0.15) is 12.8 Å². The van der Waals surface area contributed by atoms with Crippen molar-refractivity contribution < 1.29 is 9.59 Å². The Hall–Kier alpha value is -2.08.